The molecule has 0 bridgehead atoms. The van der Waals surface area contributed by atoms with Crippen LogP contribution in [0.2, 0.25) is 15.1 Å². The van der Waals surface area contributed by atoms with E-state index in [4.69, 9.17) is 34.8 Å². The van der Waals surface area contributed by atoms with Crippen molar-refractivity contribution < 1.29 is 14.0 Å². The minimum Gasteiger partial charge on any atom is -0.350 e. The van der Waals surface area contributed by atoms with Crippen LogP contribution < -0.4 is 10.2 Å². The lowest BCUT2D eigenvalue weighted by atomic mass is 10.2. The average molecular weight is 494 g/mol. The van der Waals surface area contributed by atoms with E-state index in [0.29, 0.717) is 15.6 Å². The molecule has 1 heterocycles. The number of amides is 2. The minimum absolute atomic E-state index is 0.0487. The van der Waals surface area contributed by atoms with E-state index in [2.05, 4.69) is 5.32 Å². The lowest BCUT2D eigenvalue weighted by molar-refractivity contribution is -0.120. The maximum absolute atomic E-state index is 13.3. The van der Waals surface area contributed by atoms with Crippen molar-refractivity contribution in [2.24, 2.45) is 0 Å². The van der Waals surface area contributed by atoms with Gasteiger partial charge in [-0.15, -0.1) is 0 Å². The number of anilines is 2. The topological polar surface area (TPSA) is 49.4 Å². The first-order valence-corrected chi connectivity index (χ1v) is 10.8. The molecule has 0 fully saturated rings. The van der Waals surface area contributed by atoms with Gasteiger partial charge in [-0.2, -0.15) is 0 Å². The molecule has 1 aliphatic heterocycles. The fourth-order valence-corrected chi connectivity index (χ4v) is 4.33. The van der Waals surface area contributed by atoms with E-state index in [-0.39, 0.29) is 26.3 Å². The van der Waals surface area contributed by atoms with Crippen molar-refractivity contribution in [1.82, 2.24) is 0 Å². The highest BCUT2D eigenvalue weighted by atomic mass is 35.5. The van der Waals surface area contributed by atoms with Gasteiger partial charge in [-0.05, 0) is 60.7 Å². The van der Waals surface area contributed by atoms with Crippen molar-refractivity contribution in [2.45, 2.75) is 4.90 Å². The third-order valence-corrected chi connectivity index (χ3v) is 6.51. The Balaban J connectivity index is 1.77. The summed E-state index contributed by atoms with van der Waals surface area (Å²) < 4.78 is 13.3. The summed E-state index contributed by atoms with van der Waals surface area (Å²) in [4.78, 5) is 28.4. The van der Waals surface area contributed by atoms with Gasteiger partial charge in [0.15, 0.2) is 0 Å². The van der Waals surface area contributed by atoms with Crippen molar-refractivity contribution >= 4 is 69.8 Å². The van der Waals surface area contributed by atoms with Crippen LogP contribution >= 0.6 is 46.6 Å². The van der Waals surface area contributed by atoms with E-state index in [1.54, 1.807) is 36.4 Å². The molecule has 3 aromatic rings. The quantitative estimate of drug-likeness (QED) is 0.398. The Hall–Kier alpha value is -2.51. The molecule has 0 unspecified atom stereocenters. The van der Waals surface area contributed by atoms with Gasteiger partial charge < -0.3 is 5.32 Å². The molecule has 156 valence electrons. The zero-order valence-electron chi connectivity index (χ0n) is 15.5. The Morgan fingerprint density at radius 1 is 0.839 bits per heavy atom. The zero-order valence-corrected chi connectivity index (χ0v) is 18.6. The SMILES string of the molecule is O=C1C(Nc2ccc(F)cc2)=C(Sc2ccc(Cl)cc2)C(=O)N1c1cccc(Cl)c1Cl. The zero-order chi connectivity index (χ0) is 22.1. The van der Waals surface area contributed by atoms with E-state index in [1.807, 2.05) is 0 Å². The number of nitrogens with one attached hydrogen (secondary N) is 1. The standard InChI is InChI=1S/C22H12Cl3FN2O2S/c23-12-4-10-15(11-5-12)31-20-19(27-14-8-6-13(26)7-9-14)21(29)28(22(20)30)17-3-1-2-16(24)18(17)25/h1-11,27H. The maximum Gasteiger partial charge on any atom is 0.283 e. The summed E-state index contributed by atoms with van der Waals surface area (Å²) in [6, 6.07) is 17.0. The Kier molecular flexibility index (Phi) is 6.25. The molecule has 0 atom stereocenters. The van der Waals surface area contributed by atoms with Gasteiger partial charge in [-0.3, -0.25) is 9.59 Å². The fraction of sp³-hybridized carbons (Fsp3) is 0. The van der Waals surface area contributed by atoms with Crippen LogP contribution in [0.1, 0.15) is 0 Å². The van der Waals surface area contributed by atoms with Crippen molar-refractivity contribution in [1.29, 1.82) is 0 Å². The van der Waals surface area contributed by atoms with Gasteiger partial charge in [0, 0.05) is 15.6 Å². The van der Waals surface area contributed by atoms with E-state index in [9.17, 15) is 14.0 Å². The number of carbonyl (C=O) groups is 2. The van der Waals surface area contributed by atoms with Crippen molar-refractivity contribution in [3.05, 3.63) is 98.2 Å². The molecule has 0 spiro atoms. The molecule has 0 aromatic heterocycles. The number of thioether (sulfide) groups is 1. The van der Waals surface area contributed by atoms with Gasteiger partial charge >= 0.3 is 0 Å². The lowest BCUT2D eigenvalue weighted by Gasteiger charge is -2.17. The Bertz CT molecular complexity index is 1140. The smallest absolute Gasteiger partial charge is 0.283 e. The first kappa shape index (κ1) is 21.7. The summed E-state index contributed by atoms with van der Waals surface area (Å²) in [5.74, 6) is -1.58. The summed E-state index contributed by atoms with van der Waals surface area (Å²) >= 11 is 19.4. The molecule has 1 aliphatic rings. The first-order valence-electron chi connectivity index (χ1n) is 8.88. The highest BCUT2D eigenvalue weighted by Gasteiger charge is 2.41. The van der Waals surface area contributed by atoms with Gasteiger partial charge in [0.2, 0.25) is 0 Å². The maximum atomic E-state index is 13.3. The predicted octanol–water partition coefficient (Wildman–Crippen LogP) is 6.78. The minimum atomic E-state index is -0.602. The van der Waals surface area contributed by atoms with Gasteiger partial charge in [-0.1, -0.05) is 52.6 Å². The molecule has 3 aromatic carbocycles. The highest BCUT2D eigenvalue weighted by molar-refractivity contribution is 8.04. The number of benzene rings is 3. The Labute approximate surface area is 196 Å². The fourth-order valence-electron chi connectivity index (χ4n) is 2.90. The number of nitrogens with zero attached hydrogens (tertiary/aromatic N) is 1. The van der Waals surface area contributed by atoms with Crippen LogP contribution in [0.25, 0.3) is 0 Å². The van der Waals surface area contributed by atoms with Crippen LogP contribution in [0.3, 0.4) is 0 Å². The molecule has 31 heavy (non-hydrogen) atoms. The Morgan fingerprint density at radius 2 is 1.52 bits per heavy atom. The second-order valence-electron chi connectivity index (χ2n) is 6.41. The summed E-state index contributed by atoms with van der Waals surface area (Å²) in [6.07, 6.45) is 0. The second-order valence-corrected chi connectivity index (χ2v) is 8.72. The molecular formula is C22H12Cl3FN2O2S. The van der Waals surface area contributed by atoms with E-state index >= 15 is 0 Å². The highest BCUT2D eigenvalue weighted by Crippen LogP contribution is 2.41. The summed E-state index contributed by atoms with van der Waals surface area (Å²) in [5.41, 5.74) is 0.674. The third kappa shape index (κ3) is 4.43. The average Bonchev–Trinajstić information content (AvgIpc) is 2.97. The number of carbonyl (C=O) groups excluding carboxylic acids is 2. The van der Waals surface area contributed by atoms with Crippen LogP contribution in [0.5, 0.6) is 0 Å². The monoisotopic (exact) mass is 492 g/mol. The van der Waals surface area contributed by atoms with E-state index in [0.717, 1.165) is 16.7 Å². The molecule has 0 aliphatic carbocycles. The molecule has 4 rings (SSSR count). The molecule has 0 saturated heterocycles. The van der Waals surface area contributed by atoms with E-state index < -0.39 is 17.6 Å². The van der Waals surface area contributed by atoms with E-state index in [1.165, 1.54) is 30.3 Å². The number of halogens is 4. The number of imide groups is 1. The van der Waals surface area contributed by atoms with Gasteiger partial charge in [0.1, 0.15) is 16.4 Å². The molecule has 9 heteroatoms. The normalized spacial score (nSPS) is 13.9. The summed E-state index contributed by atoms with van der Waals surface area (Å²) in [5, 5.41) is 3.79. The van der Waals surface area contributed by atoms with Crippen molar-refractivity contribution in [3.8, 4) is 0 Å². The lowest BCUT2D eigenvalue weighted by Crippen LogP contribution is -2.32. The molecular weight excluding hydrogens is 482 g/mol. The van der Waals surface area contributed by atoms with Gasteiger partial charge in [-0.25, -0.2) is 9.29 Å². The number of rotatable bonds is 5. The van der Waals surface area contributed by atoms with Gasteiger partial charge in [0.25, 0.3) is 11.8 Å². The van der Waals surface area contributed by atoms with Gasteiger partial charge in [0.05, 0.1) is 15.7 Å². The van der Waals surface area contributed by atoms with Crippen LogP contribution in [0.15, 0.2) is 82.2 Å². The van der Waals surface area contributed by atoms with Crippen LogP contribution in [0, 0.1) is 5.82 Å². The molecule has 0 radical (unpaired) electrons. The molecule has 1 N–H and O–H groups in total. The van der Waals surface area contributed by atoms with Crippen molar-refractivity contribution in [3.63, 3.8) is 0 Å². The molecule has 0 saturated carbocycles. The van der Waals surface area contributed by atoms with Crippen LogP contribution in [-0.4, -0.2) is 11.8 Å². The summed E-state index contributed by atoms with van der Waals surface area (Å²) in [7, 11) is 0. The first-order chi connectivity index (χ1) is 14.8. The number of hydrogen-bond acceptors (Lipinski definition) is 4. The second kappa shape index (κ2) is 8.93. The largest absolute Gasteiger partial charge is 0.350 e. The predicted molar refractivity (Wildman–Crippen MR) is 123 cm³/mol. The number of hydrogen-bond donors (Lipinski definition) is 1. The summed E-state index contributed by atoms with van der Waals surface area (Å²) in [6.45, 7) is 0. The molecule has 4 nitrogen and oxygen atoms in total. The molecule has 2 amide bonds. The Morgan fingerprint density at radius 3 is 2.19 bits per heavy atom. The van der Waals surface area contributed by atoms with Crippen molar-refractivity contribution in [2.75, 3.05) is 10.2 Å². The third-order valence-electron chi connectivity index (χ3n) is 4.36. The van der Waals surface area contributed by atoms with Crippen LogP contribution in [0.4, 0.5) is 15.8 Å². The van der Waals surface area contributed by atoms with Crippen LogP contribution in [-0.2, 0) is 9.59 Å².